The Kier molecular flexibility index (Phi) is 15.2. The lowest BCUT2D eigenvalue weighted by molar-refractivity contribution is -0.126. The zero-order valence-corrected chi connectivity index (χ0v) is 42.9. The highest BCUT2D eigenvalue weighted by Gasteiger charge is 2.53. The molecular formula is C64H68F2N8O3. The summed E-state index contributed by atoms with van der Waals surface area (Å²) >= 11 is 0. The van der Waals surface area contributed by atoms with Crippen molar-refractivity contribution in [2.45, 2.75) is 142 Å². The van der Waals surface area contributed by atoms with Crippen molar-refractivity contribution < 1.29 is 23.2 Å². The standard InChI is InChI=1S/C31H31FN4O2.C31H29FN4O.2CH4/c1-3-6-19-23-12-11-21-26(20-7-4-5-8-24(20)32)35-30(18-13-14-34-25(15-18)17-9-10-17)36-28(21)31(23,2)16-22(27(19)37)29(33)38;1-4-7-20-23-13-12-22-27(21-8-5-6-9-24(21)32)35-30(19-14-15-34-25(16-19)18-10-11-18)36-29(22)31(23,2)17-26(33-3)28(20)37;;/h4-5,7-8,13-17,19,23H,3,6,9-12H2,1-2H3,(H2,33,38);5-6,8-9,14-18,20,23H,4,7,10-13H2,1-2H3;2*1H4/t19-,23-,31-;20-,23-,31-;;/m11../s1. The van der Waals surface area contributed by atoms with Crippen LogP contribution < -0.4 is 5.73 Å². The van der Waals surface area contributed by atoms with Crippen molar-refractivity contribution in [3.05, 3.63) is 166 Å². The van der Waals surface area contributed by atoms with Crippen LogP contribution in [0.3, 0.4) is 0 Å². The number of pyridine rings is 2. The van der Waals surface area contributed by atoms with Crippen LogP contribution in [-0.2, 0) is 38.1 Å². The summed E-state index contributed by atoms with van der Waals surface area (Å²) in [6.07, 6.45) is 17.5. The monoisotopic (exact) mass is 1030 g/mol. The molecule has 396 valence electrons. The summed E-state index contributed by atoms with van der Waals surface area (Å²) in [5.74, 6) is -0.175. The van der Waals surface area contributed by atoms with Crippen molar-refractivity contribution in [3.63, 3.8) is 0 Å². The van der Waals surface area contributed by atoms with Gasteiger partial charge in [-0.3, -0.25) is 19.6 Å². The number of hydrogen-bond acceptors (Lipinski definition) is 9. The van der Waals surface area contributed by atoms with Gasteiger partial charge in [-0.05, 0) is 125 Å². The molecule has 4 heterocycles. The van der Waals surface area contributed by atoms with E-state index in [1.54, 1.807) is 48.8 Å². The number of aromatic nitrogens is 6. The molecule has 6 aromatic rings. The number of nitrogens with two attached hydrogens (primary N) is 1. The number of ketones is 2. The zero-order valence-electron chi connectivity index (χ0n) is 42.9. The Labute approximate surface area is 451 Å². The molecule has 6 aliphatic carbocycles. The maximum atomic E-state index is 15.2. The average molecular weight is 1040 g/mol. The Hall–Kier alpha value is -7.46. The van der Waals surface area contributed by atoms with Gasteiger partial charge in [0, 0.05) is 91.7 Å². The summed E-state index contributed by atoms with van der Waals surface area (Å²) in [6, 6.07) is 21.3. The molecule has 12 rings (SSSR count). The summed E-state index contributed by atoms with van der Waals surface area (Å²) in [5, 5.41) is 0. The smallest absolute Gasteiger partial charge is 0.252 e. The number of amides is 1. The van der Waals surface area contributed by atoms with Gasteiger partial charge in [-0.2, -0.15) is 0 Å². The lowest BCUT2D eigenvalue weighted by Gasteiger charge is -2.47. The van der Waals surface area contributed by atoms with Gasteiger partial charge in [-0.15, -0.1) is 0 Å². The third-order valence-corrected chi connectivity index (χ3v) is 16.9. The highest BCUT2D eigenvalue weighted by molar-refractivity contribution is 6.20. The Morgan fingerprint density at radius 3 is 1.51 bits per heavy atom. The molecule has 2 fully saturated rings. The predicted molar refractivity (Wildman–Crippen MR) is 296 cm³/mol. The van der Waals surface area contributed by atoms with Gasteiger partial charge >= 0.3 is 0 Å². The highest BCUT2D eigenvalue weighted by Crippen LogP contribution is 2.54. The van der Waals surface area contributed by atoms with E-state index in [0.29, 0.717) is 71.7 Å². The van der Waals surface area contributed by atoms with Crippen molar-refractivity contribution in [1.82, 2.24) is 29.9 Å². The Morgan fingerprint density at radius 1 is 0.649 bits per heavy atom. The van der Waals surface area contributed by atoms with E-state index in [-0.39, 0.29) is 73.0 Å². The van der Waals surface area contributed by atoms with E-state index in [1.165, 1.54) is 12.1 Å². The van der Waals surface area contributed by atoms with Crippen molar-refractivity contribution in [2.75, 3.05) is 0 Å². The quantitative estimate of drug-likeness (QED) is 0.0984. The third kappa shape index (κ3) is 9.74. The molecule has 0 bridgehead atoms. The molecule has 6 atom stereocenters. The number of hydrogen-bond donors (Lipinski definition) is 1. The van der Waals surface area contributed by atoms with Gasteiger partial charge in [0.15, 0.2) is 23.2 Å². The van der Waals surface area contributed by atoms with Gasteiger partial charge in [0.25, 0.3) is 5.91 Å². The van der Waals surface area contributed by atoms with Gasteiger partial charge < -0.3 is 10.5 Å². The number of benzene rings is 2. The molecule has 11 nitrogen and oxygen atoms in total. The molecule has 0 unspecified atom stereocenters. The van der Waals surface area contributed by atoms with Crippen LogP contribution in [0.1, 0.15) is 152 Å². The first-order chi connectivity index (χ1) is 36.3. The van der Waals surface area contributed by atoms with E-state index < -0.39 is 16.7 Å². The topological polar surface area (TPSA) is 159 Å². The molecule has 6 aliphatic rings. The molecule has 1 amide bonds. The van der Waals surface area contributed by atoms with Crippen molar-refractivity contribution in [2.24, 2.45) is 29.4 Å². The van der Waals surface area contributed by atoms with E-state index in [1.807, 2.05) is 44.2 Å². The van der Waals surface area contributed by atoms with Gasteiger partial charge in [-0.1, -0.05) is 91.8 Å². The minimum absolute atomic E-state index is 0. The second-order valence-corrected chi connectivity index (χ2v) is 21.8. The summed E-state index contributed by atoms with van der Waals surface area (Å²) in [5.41, 5.74) is 13.7. The first-order valence-electron chi connectivity index (χ1n) is 26.7. The van der Waals surface area contributed by atoms with Gasteiger partial charge in [0.2, 0.25) is 5.70 Å². The van der Waals surface area contributed by atoms with E-state index in [2.05, 4.69) is 34.7 Å². The molecule has 0 aliphatic heterocycles. The van der Waals surface area contributed by atoms with E-state index in [9.17, 15) is 14.4 Å². The number of Topliss-reactive ketones (excluding diaryl/α,β-unsaturated/α-hetero) is 2. The molecule has 13 heteroatoms. The van der Waals surface area contributed by atoms with Gasteiger partial charge in [0.05, 0.1) is 34.9 Å². The molecule has 2 saturated carbocycles. The summed E-state index contributed by atoms with van der Waals surface area (Å²) < 4.78 is 30.3. The van der Waals surface area contributed by atoms with Crippen molar-refractivity contribution in [1.29, 1.82) is 0 Å². The number of primary amides is 1. The molecule has 2 N–H and O–H groups in total. The number of rotatable bonds is 11. The molecule has 0 radical (unpaired) electrons. The number of fused-ring (bicyclic) bond motifs is 6. The fraction of sp³-hybridized carbons (Fsp3) is 0.406. The second-order valence-electron chi connectivity index (χ2n) is 21.8. The van der Waals surface area contributed by atoms with Gasteiger partial charge in [0.1, 0.15) is 11.6 Å². The average Bonchev–Trinajstić information content (AvgIpc) is 4.41. The summed E-state index contributed by atoms with van der Waals surface area (Å²) in [6.45, 7) is 16.0. The third-order valence-electron chi connectivity index (χ3n) is 16.9. The Balaban J connectivity index is 0.000000183. The van der Waals surface area contributed by atoms with Crippen LogP contribution in [0.25, 0.3) is 50.1 Å². The predicted octanol–water partition coefficient (Wildman–Crippen LogP) is 13.6. The maximum Gasteiger partial charge on any atom is 0.252 e. The van der Waals surface area contributed by atoms with Crippen LogP contribution in [-0.4, -0.2) is 47.4 Å². The Bertz CT molecular complexity index is 3430. The molecule has 77 heavy (non-hydrogen) atoms. The van der Waals surface area contributed by atoms with Crippen LogP contribution in [0.4, 0.5) is 8.78 Å². The number of halogens is 2. The van der Waals surface area contributed by atoms with Crippen LogP contribution in [0.2, 0.25) is 0 Å². The van der Waals surface area contributed by atoms with E-state index >= 15 is 8.78 Å². The van der Waals surface area contributed by atoms with Crippen LogP contribution in [0.5, 0.6) is 0 Å². The zero-order chi connectivity index (χ0) is 52.3. The second kappa shape index (κ2) is 21.5. The Morgan fingerprint density at radius 2 is 1.09 bits per heavy atom. The minimum Gasteiger partial charge on any atom is -0.365 e. The van der Waals surface area contributed by atoms with E-state index in [4.69, 9.17) is 32.2 Å². The number of allylic oxidation sites excluding steroid dienone is 3. The molecule has 2 aromatic carbocycles. The fourth-order valence-corrected chi connectivity index (χ4v) is 12.9. The molecule has 0 spiro atoms. The van der Waals surface area contributed by atoms with Crippen LogP contribution >= 0.6 is 0 Å². The SMILES string of the molecule is C.C.CCC[C@H]1C(=O)C(C(N)=O)=C[C@@]2(C)c3nc(-c4ccnc(C5CC5)c4)nc(-c4ccccc4F)c3CC[C@H]12.[C-]#[N+]C1=C[C@@]2(C)c3nc(-c4ccnc(C5CC5)c4)nc(-c4ccccc4F)c3CC[C@@H]2[C@@H](CCC)C1=O. The van der Waals surface area contributed by atoms with Crippen molar-refractivity contribution >= 4 is 17.5 Å². The van der Waals surface area contributed by atoms with Crippen LogP contribution in [0, 0.1) is 41.9 Å². The number of carbonyl (C=O) groups excluding carboxylic acids is 3. The molecular weight excluding hydrogens is 967 g/mol. The lowest BCUT2D eigenvalue weighted by atomic mass is 9.56. The fourth-order valence-electron chi connectivity index (χ4n) is 12.9. The first-order valence-corrected chi connectivity index (χ1v) is 26.7. The minimum atomic E-state index is -0.726. The molecule has 0 saturated heterocycles. The van der Waals surface area contributed by atoms with Crippen LogP contribution in [0.15, 0.2) is 109 Å². The van der Waals surface area contributed by atoms with Gasteiger partial charge in [-0.25, -0.2) is 33.6 Å². The van der Waals surface area contributed by atoms with Crippen molar-refractivity contribution in [3.8, 4) is 45.3 Å². The number of nitrogens with zero attached hydrogens (tertiary/aromatic N) is 7. The largest absolute Gasteiger partial charge is 0.365 e. The summed E-state index contributed by atoms with van der Waals surface area (Å²) in [4.78, 5) is 71.9. The molecule has 4 aromatic heterocycles. The maximum absolute atomic E-state index is 15.2. The number of carbonyl (C=O) groups is 3. The normalized spacial score (nSPS) is 23.9. The highest BCUT2D eigenvalue weighted by atomic mass is 19.1. The first kappa shape index (κ1) is 54.3. The lowest BCUT2D eigenvalue weighted by Crippen LogP contribution is -2.48. The summed E-state index contributed by atoms with van der Waals surface area (Å²) in [7, 11) is 0. The van der Waals surface area contributed by atoms with E-state index in [0.717, 1.165) is 96.4 Å².